The Morgan fingerprint density at radius 2 is 2.05 bits per heavy atom. The number of hydrogen-bond donors (Lipinski definition) is 1. The minimum absolute atomic E-state index is 0.0738. The van der Waals surface area contributed by atoms with Crippen LogP contribution in [0.4, 0.5) is 18.9 Å². The molecule has 0 bridgehead atoms. The number of ether oxygens (including phenoxy) is 1. The standard InChI is InChI=1S/C12H13BrF3NO2/c1-7(3-11(18)19-2)17-10-5-8(12(14,15)16)4-9(13)6-10/h4-7,17H,3H2,1-2H3. The molecule has 0 aliphatic heterocycles. The molecule has 0 fully saturated rings. The van der Waals surface area contributed by atoms with Gasteiger partial charge in [0.2, 0.25) is 0 Å². The van der Waals surface area contributed by atoms with Gasteiger partial charge >= 0.3 is 12.1 Å². The predicted octanol–water partition coefficient (Wildman–Crippen LogP) is 3.83. The molecule has 106 valence electrons. The summed E-state index contributed by atoms with van der Waals surface area (Å²) in [5.41, 5.74) is -0.465. The molecular formula is C12H13BrF3NO2. The van der Waals surface area contributed by atoms with E-state index in [1.54, 1.807) is 6.92 Å². The molecule has 1 N–H and O–H groups in total. The number of methoxy groups -OCH3 is 1. The fourth-order valence-corrected chi connectivity index (χ4v) is 2.00. The number of anilines is 1. The molecule has 1 aromatic carbocycles. The van der Waals surface area contributed by atoms with Crippen LogP contribution in [0.3, 0.4) is 0 Å². The zero-order chi connectivity index (χ0) is 14.6. The maximum atomic E-state index is 12.6. The molecule has 0 aromatic heterocycles. The van der Waals surface area contributed by atoms with Gasteiger partial charge in [0.1, 0.15) is 0 Å². The van der Waals surface area contributed by atoms with Gasteiger partial charge in [0.15, 0.2) is 0 Å². The van der Waals surface area contributed by atoms with Crippen LogP contribution in [-0.4, -0.2) is 19.1 Å². The van der Waals surface area contributed by atoms with Crippen molar-refractivity contribution in [1.82, 2.24) is 0 Å². The summed E-state index contributed by atoms with van der Waals surface area (Å²) in [6.07, 6.45) is -4.34. The molecular weight excluding hydrogens is 327 g/mol. The van der Waals surface area contributed by atoms with Crippen molar-refractivity contribution < 1.29 is 22.7 Å². The van der Waals surface area contributed by atoms with Gasteiger partial charge in [0.25, 0.3) is 0 Å². The third-order valence-corrected chi connectivity index (χ3v) is 2.80. The SMILES string of the molecule is COC(=O)CC(C)Nc1cc(Br)cc(C(F)(F)F)c1. The molecule has 0 saturated carbocycles. The average Bonchev–Trinajstić information content (AvgIpc) is 2.26. The number of halogens is 4. The van der Waals surface area contributed by atoms with E-state index in [9.17, 15) is 18.0 Å². The van der Waals surface area contributed by atoms with E-state index in [0.29, 0.717) is 4.47 Å². The summed E-state index contributed by atoms with van der Waals surface area (Å²) in [7, 11) is 1.26. The molecule has 1 atom stereocenters. The minimum Gasteiger partial charge on any atom is -0.469 e. The third-order valence-electron chi connectivity index (χ3n) is 2.34. The maximum Gasteiger partial charge on any atom is 0.416 e. The quantitative estimate of drug-likeness (QED) is 0.847. The molecule has 1 aromatic rings. The molecule has 7 heteroatoms. The van der Waals surface area contributed by atoms with Gasteiger partial charge in [-0.1, -0.05) is 15.9 Å². The first-order chi connectivity index (χ1) is 8.72. The van der Waals surface area contributed by atoms with Gasteiger partial charge in [-0.05, 0) is 25.1 Å². The summed E-state index contributed by atoms with van der Waals surface area (Å²) >= 11 is 3.03. The van der Waals surface area contributed by atoms with E-state index in [1.807, 2.05) is 0 Å². The van der Waals surface area contributed by atoms with E-state index >= 15 is 0 Å². The molecule has 0 saturated heterocycles. The number of carbonyl (C=O) groups excluding carboxylic acids is 1. The van der Waals surface area contributed by atoms with Crippen molar-refractivity contribution in [3.8, 4) is 0 Å². The molecule has 3 nitrogen and oxygen atoms in total. The fourth-order valence-electron chi connectivity index (χ4n) is 1.51. The Hall–Kier alpha value is -1.24. The number of alkyl halides is 3. The normalized spacial score (nSPS) is 12.9. The zero-order valence-electron chi connectivity index (χ0n) is 10.3. The lowest BCUT2D eigenvalue weighted by atomic mass is 10.1. The van der Waals surface area contributed by atoms with Gasteiger partial charge in [0, 0.05) is 16.2 Å². The molecule has 0 aliphatic carbocycles. The highest BCUT2D eigenvalue weighted by Gasteiger charge is 2.31. The summed E-state index contributed by atoms with van der Waals surface area (Å²) in [4.78, 5) is 11.1. The zero-order valence-corrected chi connectivity index (χ0v) is 11.9. The Bertz CT molecular complexity index is 463. The van der Waals surface area contributed by atoms with E-state index in [1.165, 1.54) is 13.2 Å². The first-order valence-electron chi connectivity index (χ1n) is 5.43. The number of hydrogen-bond acceptors (Lipinski definition) is 3. The molecule has 0 radical (unpaired) electrons. The monoisotopic (exact) mass is 339 g/mol. The molecule has 1 unspecified atom stereocenters. The lowest BCUT2D eigenvalue weighted by Crippen LogP contribution is -2.20. The molecule has 1 rings (SSSR count). The van der Waals surface area contributed by atoms with E-state index in [-0.39, 0.29) is 18.2 Å². The molecule has 19 heavy (non-hydrogen) atoms. The van der Waals surface area contributed by atoms with Crippen molar-refractivity contribution in [2.45, 2.75) is 25.6 Å². The summed E-state index contributed by atoms with van der Waals surface area (Å²) in [6, 6.07) is 3.18. The van der Waals surface area contributed by atoms with Crippen LogP contribution in [0.15, 0.2) is 22.7 Å². The minimum atomic E-state index is -4.41. The van der Waals surface area contributed by atoms with Crippen LogP contribution in [0, 0.1) is 0 Å². The first kappa shape index (κ1) is 15.8. The maximum absolute atomic E-state index is 12.6. The van der Waals surface area contributed by atoms with Crippen LogP contribution in [-0.2, 0) is 15.7 Å². The van der Waals surface area contributed by atoms with E-state index in [2.05, 4.69) is 26.0 Å². The van der Waals surface area contributed by atoms with E-state index in [4.69, 9.17) is 0 Å². The first-order valence-corrected chi connectivity index (χ1v) is 6.23. The Balaban J connectivity index is 2.84. The lowest BCUT2D eigenvalue weighted by Gasteiger charge is -2.16. The summed E-state index contributed by atoms with van der Waals surface area (Å²) in [6.45, 7) is 1.69. The van der Waals surface area contributed by atoms with Crippen molar-refractivity contribution in [3.05, 3.63) is 28.2 Å². The number of carbonyl (C=O) groups is 1. The molecule has 0 aliphatic rings. The molecule has 0 heterocycles. The van der Waals surface area contributed by atoms with Crippen LogP contribution in [0.5, 0.6) is 0 Å². The smallest absolute Gasteiger partial charge is 0.416 e. The Kier molecular flexibility index (Phi) is 5.22. The van der Waals surface area contributed by atoms with Crippen LogP contribution < -0.4 is 5.32 Å². The summed E-state index contributed by atoms with van der Waals surface area (Å²) in [5, 5.41) is 2.83. The van der Waals surface area contributed by atoms with Gasteiger partial charge in [-0.25, -0.2) is 0 Å². The van der Waals surface area contributed by atoms with Crippen LogP contribution in [0.2, 0.25) is 0 Å². The predicted molar refractivity (Wildman–Crippen MR) is 68.9 cm³/mol. The van der Waals surface area contributed by atoms with Gasteiger partial charge in [0.05, 0.1) is 19.1 Å². The Morgan fingerprint density at radius 3 is 2.58 bits per heavy atom. The van der Waals surface area contributed by atoms with E-state index < -0.39 is 17.7 Å². The average molecular weight is 340 g/mol. The number of benzene rings is 1. The van der Waals surface area contributed by atoms with Gasteiger partial charge in [-0.2, -0.15) is 13.2 Å². The second-order valence-electron chi connectivity index (χ2n) is 4.05. The van der Waals surface area contributed by atoms with Gasteiger partial charge < -0.3 is 10.1 Å². The van der Waals surface area contributed by atoms with Crippen LogP contribution >= 0.6 is 15.9 Å². The van der Waals surface area contributed by atoms with Crippen molar-refractivity contribution >= 4 is 27.6 Å². The lowest BCUT2D eigenvalue weighted by molar-refractivity contribution is -0.141. The summed E-state index contributed by atoms with van der Waals surface area (Å²) in [5.74, 6) is -0.425. The largest absolute Gasteiger partial charge is 0.469 e. The fraction of sp³-hybridized carbons (Fsp3) is 0.417. The van der Waals surface area contributed by atoms with E-state index in [0.717, 1.165) is 12.1 Å². The number of esters is 1. The third kappa shape index (κ3) is 5.10. The Labute approximate surface area is 117 Å². The van der Waals surface area contributed by atoms with Gasteiger partial charge in [-0.15, -0.1) is 0 Å². The van der Waals surface area contributed by atoms with Crippen molar-refractivity contribution in [3.63, 3.8) is 0 Å². The van der Waals surface area contributed by atoms with Crippen molar-refractivity contribution in [2.75, 3.05) is 12.4 Å². The van der Waals surface area contributed by atoms with Crippen LogP contribution in [0.25, 0.3) is 0 Å². The highest BCUT2D eigenvalue weighted by Crippen LogP contribution is 2.33. The van der Waals surface area contributed by atoms with Crippen molar-refractivity contribution in [2.24, 2.45) is 0 Å². The topological polar surface area (TPSA) is 38.3 Å². The molecule has 0 amide bonds. The highest BCUT2D eigenvalue weighted by atomic mass is 79.9. The Morgan fingerprint density at radius 1 is 1.42 bits per heavy atom. The van der Waals surface area contributed by atoms with Crippen LogP contribution in [0.1, 0.15) is 18.9 Å². The summed E-state index contributed by atoms with van der Waals surface area (Å²) < 4.78 is 42.7. The second kappa shape index (κ2) is 6.27. The van der Waals surface area contributed by atoms with Gasteiger partial charge in [-0.3, -0.25) is 4.79 Å². The number of nitrogens with one attached hydrogen (secondary N) is 1. The number of rotatable bonds is 4. The molecule has 0 spiro atoms. The highest BCUT2D eigenvalue weighted by molar-refractivity contribution is 9.10. The second-order valence-corrected chi connectivity index (χ2v) is 4.97. The van der Waals surface area contributed by atoms with Crippen molar-refractivity contribution in [1.29, 1.82) is 0 Å².